The number of nitrogens with zero attached hydrogens (tertiary/aromatic N) is 3. The van der Waals surface area contributed by atoms with Gasteiger partial charge in [-0.1, -0.05) is 6.07 Å². The Morgan fingerprint density at radius 1 is 1.30 bits per heavy atom. The molecule has 0 spiro atoms. The Hall–Kier alpha value is -1.17. The number of piperazine rings is 1. The van der Waals surface area contributed by atoms with Gasteiger partial charge in [0.05, 0.1) is 26.4 Å². The molecule has 1 atom stereocenters. The summed E-state index contributed by atoms with van der Waals surface area (Å²) in [4.78, 5) is 8.98. The zero-order valence-corrected chi connectivity index (χ0v) is 20.3. The van der Waals surface area contributed by atoms with Gasteiger partial charge in [0.2, 0.25) is 0 Å². The molecular weight excluding hydrogens is 502 g/mol. The molecule has 2 aliphatic heterocycles. The Morgan fingerprint density at radius 3 is 2.73 bits per heavy atom. The van der Waals surface area contributed by atoms with Crippen molar-refractivity contribution in [3.63, 3.8) is 0 Å². The smallest absolute Gasteiger partial charge is 0.193 e. The Morgan fingerprint density at radius 2 is 2.10 bits per heavy atom. The first kappa shape index (κ1) is 25.1. The van der Waals surface area contributed by atoms with E-state index < -0.39 is 0 Å². The van der Waals surface area contributed by atoms with Gasteiger partial charge in [0, 0.05) is 52.9 Å². The molecule has 0 amide bonds. The second-order valence-corrected chi connectivity index (χ2v) is 7.42. The minimum atomic E-state index is -0.310. The molecule has 1 N–H and O–H groups in total. The number of hydrogen-bond donors (Lipinski definition) is 1. The molecule has 0 saturated carbocycles. The number of guanidine groups is 1. The van der Waals surface area contributed by atoms with E-state index in [9.17, 15) is 4.39 Å². The molecule has 2 saturated heterocycles. The molecule has 0 radical (unpaired) electrons. The minimum Gasteiger partial charge on any atom is -0.494 e. The monoisotopic (exact) mass is 536 g/mol. The molecule has 9 heteroatoms. The highest BCUT2D eigenvalue weighted by atomic mass is 127. The summed E-state index contributed by atoms with van der Waals surface area (Å²) in [6.07, 6.45) is 2.50. The highest BCUT2D eigenvalue weighted by molar-refractivity contribution is 14.0. The zero-order chi connectivity index (χ0) is 20.5. The molecule has 1 aromatic rings. The first-order chi connectivity index (χ1) is 14.2. The van der Waals surface area contributed by atoms with Gasteiger partial charge in [0.1, 0.15) is 0 Å². The summed E-state index contributed by atoms with van der Waals surface area (Å²) in [5.74, 6) is 0.879. The van der Waals surface area contributed by atoms with Crippen molar-refractivity contribution in [1.29, 1.82) is 0 Å². The average Bonchev–Trinajstić information content (AvgIpc) is 3.25. The van der Waals surface area contributed by atoms with Crippen molar-refractivity contribution in [2.75, 3.05) is 66.7 Å². The molecule has 2 fully saturated rings. The Kier molecular flexibility index (Phi) is 11.1. The third kappa shape index (κ3) is 7.51. The lowest BCUT2D eigenvalue weighted by Gasteiger charge is -2.36. The summed E-state index contributed by atoms with van der Waals surface area (Å²) in [7, 11) is 3.29. The van der Waals surface area contributed by atoms with Crippen LogP contribution in [0.15, 0.2) is 23.2 Å². The van der Waals surface area contributed by atoms with E-state index in [1.807, 2.05) is 13.1 Å². The van der Waals surface area contributed by atoms with Crippen molar-refractivity contribution in [2.24, 2.45) is 4.99 Å². The van der Waals surface area contributed by atoms with E-state index >= 15 is 0 Å². The standard InChI is InChI=1S/C21H33FN4O3.HI/c1-23-21(24-7-13-28-16-18-4-3-12-29-18)26-10-8-25(9-11-26)15-17-5-6-20(27-2)19(22)14-17;/h5-6,14,18H,3-4,7-13,15-16H2,1-2H3,(H,23,24);1H. The van der Waals surface area contributed by atoms with Crippen molar-refractivity contribution in [1.82, 2.24) is 15.1 Å². The SMILES string of the molecule is CN=C(NCCOCC1CCCO1)N1CCN(Cc2ccc(OC)c(F)c2)CC1.I. The van der Waals surface area contributed by atoms with E-state index in [0.717, 1.165) is 70.2 Å². The maximum Gasteiger partial charge on any atom is 0.193 e. The summed E-state index contributed by atoms with van der Waals surface area (Å²) < 4.78 is 30.1. The summed E-state index contributed by atoms with van der Waals surface area (Å²) in [5, 5.41) is 3.38. The van der Waals surface area contributed by atoms with E-state index in [1.165, 1.54) is 7.11 Å². The number of ether oxygens (including phenoxy) is 3. The van der Waals surface area contributed by atoms with E-state index in [4.69, 9.17) is 14.2 Å². The molecule has 3 rings (SSSR count). The third-order valence-electron chi connectivity index (χ3n) is 5.36. The van der Waals surface area contributed by atoms with Crippen LogP contribution in [0, 0.1) is 5.82 Å². The lowest BCUT2D eigenvalue weighted by atomic mass is 10.2. The zero-order valence-electron chi connectivity index (χ0n) is 17.9. The fraction of sp³-hybridized carbons (Fsp3) is 0.667. The molecule has 170 valence electrons. The van der Waals surface area contributed by atoms with E-state index in [1.54, 1.807) is 12.1 Å². The van der Waals surface area contributed by atoms with Crippen LogP contribution in [0.2, 0.25) is 0 Å². The van der Waals surface area contributed by atoms with Crippen LogP contribution in [0.5, 0.6) is 5.75 Å². The molecule has 2 heterocycles. The first-order valence-electron chi connectivity index (χ1n) is 10.4. The summed E-state index contributed by atoms with van der Waals surface area (Å²) in [6, 6.07) is 5.17. The van der Waals surface area contributed by atoms with Gasteiger partial charge >= 0.3 is 0 Å². The minimum absolute atomic E-state index is 0. The molecular formula is C21H34FIN4O3. The summed E-state index contributed by atoms with van der Waals surface area (Å²) in [6.45, 7) is 7.21. The first-order valence-corrected chi connectivity index (χ1v) is 10.4. The van der Waals surface area contributed by atoms with Gasteiger partial charge in [0.25, 0.3) is 0 Å². The fourth-order valence-electron chi connectivity index (χ4n) is 3.74. The lowest BCUT2D eigenvalue weighted by molar-refractivity contribution is 0.0189. The van der Waals surface area contributed by atoms with Crippen LogP contribution >= 0.6 is 24.0 Å². The molecule has 30 heavy (non-hydrogen) atoms. The number of benzene rings is 1. The Bertz CT molecular complexity index is 666. The van der Waals surface area contributed by atoms with Crippen LogP contribution in [0.1, 0.15) is 18.4 Å². The predicted molar refractivity (Wildman–Crippen MR) is 126 cm³/mol. The van der Waals surface area contributed by atoms with E-state index in [-0.39, 0.29) is 41.6 Å². The van der Waals surface area contributed by atoms with Crippen LogP contribution in [0.4, 0.5) is 4.39 Å². The van der Waals surface area contributed by atoms with Crippen LogP contribution in [-0.2, 0) is 16.0 Å². The Balaban J connectivity index is 0.00000320. The molecule has 0 aromatic heterocycles. The van der Waals surface area contributed by atoms with E-state index in [2.05, 4.69) is 20.1 Å². The number of hydrogen-bond acceptors (Lipinski definition) is 5. The average molecular weight is 536 g/mol. The molecule has 2 aliphatic rings. The largest absolute Gasteiger partial charge is 0.494 e. The summed E-state index contributed by atoms with van der Waals surface area (Å²) in [5.41, 5.74) is 0.961. The molecule has 7 nitrogen and oxygen atoms in total. The predicted octanol–water partition coefficient (Wildman–Crippen LogP) is 2.34. The van der Waals surface area contributed by atoms with Crippen LogP contribution in [0.25, 0.3) is 0 Å². The quantitative estimate of drug-likeness (QED) is 0.238. The maximum absolute atomic E-state index is 13.9. The van der Waals surface area contributed by atoms with Crippen LogP contribution in [-0.4, -0.2) is 88.6 Å². The van der Waals surface area contributed by atoms with Gasteiger partial charge in [-0.3, -0.25) is 9.89 Å². The van der Waals surface area contributed by atoms with Crippen molar-refractivity contribution in [3.8, 4) is 5.75 Å². The van der Waals surface area contributed by atoms with Gasteiger partial charge in [0.15, 0.2) is 17.5 Å². The number of aliphatic imine (C=N–C) groups is 1. The van der Waals surface area contributed by atoms with Crippen molar-refractivity contribution in [2.45, 2.75) is 25.5 Å². The molecule has 1 aromatic carbocycles. The van der Waals surface area contributed by atoms with Crippen molar-refractivity contribution >= 4 is 29.9 Å². The van der Waals surface area contributed by atoms with Crippen molar-refractivity contribution in [3.05, 3.63) is 29.6 Å². The number of halogens is 2. The second kappa shape index (κ2) is 13.3. The van der Waals surface area contributed by atoms with Gasteiger partial charge in [-0.25, -0.2) is 4.39 Å². The summed E-state index contributed by atoms with van der Waals surface area (Å²) >= 11 is 0. The number of nitrogens with one attached hydrogen (secondary N) is 1. The van der Waals surface area contributed by atoms with Crippen LogP contribution in [0.3, 0.4) is 0 Å². The molecule has 0 aliphatic carbocycles. The topological polar surface area (TPSA) is 58.6 Å². The molecule has 1 unspecified atom stereocenters. The van der Waals surface area contributed by atoms with Crippen LogP contribution < -0.4 is 10.1 Å². The Labute approximate surface area is 196 Å². The molecule has 0 bridgehead atoms. The van der Waals surface area contributed by atoms with Gasteiger partial charge in [-0.05, 0) is 30.5 Å². The second-order valence-electron chi connectivity index (χ2n) is 7.42. The van der Waals surface area contributed by atoms with Gasteiger partial charge in [-0.15, -0.1) is 24.0 Å². The van der Waals surface area contributed by atoms with Crippen molar-refractivity contribution < 1.29 is 18.6 Å². The fourth-order valence-corrected chi connectivity index (χ4v) is 3.74. The highest BCUT2D eigenvalue weighted by Crippen LogP contribution is 2.19. The normalized spacial score (nSPS) is 20.2. The highest BCUT2D eigenvalue weighted by Gasteiger charge is 2.20. The van der Waals surface area contributed by atoms with E-state index in [0.29, 0.717) is 13.2 Å². The number of methoxy groups -OCH3 is 1. The van der Waals surface area contributed by atoms with Gasteiger partial charge < -0.3 is 24.4 Å². The lowest BCUT2D eigenvalue weighted by Crippen LogP contribution is -2.52. The maximum atomic E-state index is 13.9. The third-order valence-corrected chi connectivity index (χ3v) is 5.36. The van der Waals surface area contributed by atoms with Gasteiger partial charge in [-0.2, -0.15) is 0 Å². The number of rotatable bonds is 8.